The molecule has 2 aromatic rings. The highest BCUT2D eigenvalue weighted by atomic mass is 79.9. The van der Waals surface area contributed by atoms with E-state index in [0.717, 1.165) is 19.9 Å². The molecule has 0 aliphatic heterocycles. The van der Waals surface area contributed by atoms with Crippen molar-refractivity contribution in [2.45, 2.75) is 26.1 Å². The Morgan fingerprint density at radius 2 is 1.89 bits per heavy atom. The van der Waals surface area contributed by atoms with Gasteiger partial charge in [0.2, 0.25) is 0 Å². The molecule has 0 saturated heterocycles. The summed E-state index contributed by atoms with van der Waals surface area (Å²) >= 11 is 18.0. The average Bonchev–Trinajstić information content (AvgIpc) is 2.72. The van der Waals surface area contributed by atoms with E-state index in [1.165, 1.54) is 16.7 Å². The molecular weight excluding hydrogens is 351 g/mol. The van der Waals surface area contributed by atoms with Crippen molar-refractivity contribution in [3.8, 4) is 0 Å². The molecule has 0 bridgehead atoms. The maximum Gasteiger partial charge on any atom is 0.0948 e. The zero-order chi connectivity index (χ0) is 13.4. The summed E-state index contributed by atoms with van der Waals surface area (Å²) in [6, 6.07) is 4.05. The number of benzene rings is 1. The Kier molecular flexibility index (Phi) is 4.43. The molecule has 4 heteroatoms. The Morgan fingerprint density at radius 1 is 1.22 bits per heavy atom. The molecule has 0 spiro atoms. The summed E-state index contributed by atoms with van der Waals surface area (Å²) in [5.74, 6) is 0. The van der Waals surface area contributed by atoms with Crippen LogP contribution in [0.15, 0.2) is 22.0 Å². The third-order valence-corrected chi connectivity index (χ3v) is 6.28. The maximum atomic E-state index is 6.62. The molecular formula is C14H13BrCl2S. The largest absolute Gasteiger partial charge is 0.145 e. The molecule has 0 aliphatic carbocycles. The molecule has 1 atom stereocenters. The highest BCUT2D eigenvalue weighted by Crippen LogP contribution is 2.42. The van der Waals surface area contributed by atoms with Gasteiger partial charge in [-0.25, -0.2) is 0 Å². The molecule has 1 aromatic carbocycles. The summed E-state index contributed by atoms with van der Waals surface area (Å²) in [7, 11) is 0. The summed E-state index contributed by atoms with van der Waals surface area (Å²) in [6.45, 7) is 6.28. The van der Waals surface area contributed by atoms with Crippen molar-refractivity contribution in [1.29, 1.82) is 0 Å². The SMILES string of the molecule is Cc1cc(C)c(C(Cl)c2sccc2Cl)c(C)c1Br. The smallest absolute Gasteiger partial charge is 0.0948 e. The average molecular weight is 364 g/mol. The number of halogens is 3. The van der Waals surface area contributed by atoms with Gasteiger partial charge in [-0.1, -0.05) is 33.6 Å². The second-order valence-electron chi connectivity index (χ2n) is 4.36. The van der Waals surface area contributed by atoms with Gasteiger partial charge in [0.25, 0.3) is 0 Å². The lowest BCUT2D eigenvalue weighted by Crippen LogP contribution is -2.00. The van der Waals surface area contributed by atoms with E-state index in [0.29, 0.717) is 0 Å². The van der Waals surface area contributed by atoms with Crippen LogP contribution in [0.1, 0.15) is 32.5 Å². The third kappa shape index (κ3) is 2.49. The van der Waals surface area contributed by atoms with Crippen LogP contribution in [0.3, 0.4) is 0 Å². The summed E-state index contributed by atoms with van der Waals surface area (Å²) < 4.78 is 1.13. The second-order valence-corrected chi connectivity index (χ2v) is 6.94. The van der Waals surface area contributed by atoms with Gasteiger partial charge in [0, 0.05) is 9.35 Å². The topological polar surface area (TPSA) is 0 Å². The first-order valence-electron chi connectivity index (χ1n) is 5.56. The van der Waals surface area contributed by atoms with Crippen molar-refractivity contribution >= 4 is 50.5 Å². The molecule has 96 valence electrons. The molecule has 18 heavy (non-hydrogen) atoms. The summed E-state index contributed by atoms with van der Waals surface area (Å²) in [4.78, 5) is 1.01. The molecule has 0 nitrogen and oxygen atoms in total. The van der Waals surface area contributed by atoms with Gasteiger partial charge in [0.15, 0.2) is 0 Å². The lowest BCUT2D eigenvalue weighted by molar-refractivity contribution is 1.09. The highest BCUT2D eigenvalue weighted by molar-refractivity contribution is 9.10. The fourth-order valence-corrected chi connectivity index (χ4v) is 4.32. The molecule has 0 radical (unpaired) electrons. The normalized spacial score (nSPS) is 12.8. The van der Waals surface area contributed by atoms with Crippen molar-refractivity contribution < 1.29 is 0 Å². The van der Waals surface area contributed by atoms with Gasteiger partial charge < -0.3 is 0 Å². The number of rotatable bonds is 2. The van der Waals surface area contributed by atoms with E-state index in [9.17, 15) is 0 Å². The van der Waals surface area contributed by atoms with Gasteiger partial charge in [0.1, 0.15) is 0 Å². The van der Waals surface area contributed by atoms with Crippen LogP contribution >= 0.6 is 50.5 Å². The first kappa shape index (κ1) is 14.4. The summed E-state index contributed by atoms with van der Waals surface area (Å²) in [6.07, 6.45) is 0. The van der Waals surface area contributed by atoms with E-state index >= 15 is 0 Å². The Bertz CT molecular complexity index is 590. The Hall–Kier alpha value is -0.0200. The van der Waals surface area contributed by atoms with Crippen LogP contribution in [-0.2, 0) is 0 Å². The van der Waals surface area contributed by atoms with Gasteiger partial charge in [-0.3, -0.25) is 0 Å². The molecule has 2 rings (SSSR count). The molecule has 1 aromatic heterocycles. The predicted octanol–water partition coefficient (Wildman–Crippen LogP) is 6.42. The summed E-state index contributed by atoms with van der Waals surface area (Å²) in [5, 5.41) is 2.53. The molecule has 0 fully saturated rings. The van der Waals surface area contributed by atoms with Crippen LogP contribution in [0.4, 0.5) is 0 Å². The molecule has 1 heterocycles. The van der Waals surface area contributed by atoms with Crippen LogP contribution in [0.2, 0.25) is 5.02 Å². The highest BCUT2D eigenvalue weighted by Gasteiger charge is 2.21. The number of hydrogen-bond acceptors (Lipinski definition) is 1. The van der Waals surface area contributed by atoms with Gasteiger partial charge in [-0.2, -0.15) is 0 Å². The Labute approximate surface area is 130 Å². The number of alkyl halides is 1. The van der Waals surface area contributed by atoms with E-state index < -0.39 is 0 Å². The first-order chi connectivity index (χ1) is 8.43. The van der Waals surface area contributed by atoms with E-state index in [1.807, 2.05) is 11.4 Å². The maximum absolute atomic E-state index is 6.62. The van der Waals surface area contributed by atoms with Gasteiger partial charge in [-0.05, 0) is 54.5 Å². The van der Waals surface area contributed by atoms with Crippen LogP contribution in [0, 0.1) is 20.8 Å². The Morgan fingerprint density at radius 3 is 2.44 bits per heavy atom. The van der Waals surface area contributed by atoms with Crippen LogP contribution in [-0.4, -0.2) is 0 Å². The number of aryl methyl sites for hydroxylation is 2. The second kappa shape index (κ2) is 5.54. The van der Waals surface area contributed by atoms with Crippen molar-refractivity contribution in [3.63, 3.8) is 0 Å². The minimum absolute atomic E-state index is 0.186. The zero-order valence-corrected chi connectivity index (χ0v) is 14.3. The van der Waals surface area contributed by atoms with E-state index in [1.54, 1.807) is 11.3 Å². The lowest BCUT2D eigenvalue weighted by atomic mass is 9.96. The quantitative estimate of drug-likeness (QED) is 0.540. The van der Waals surface area contributed by atoms with E-state index in [2.05, 4.69) is 42.8 Å². The molecule has 0 aliphatic rings. The van der Waals surface area contributed by atoms with Crippen molar-refractivity contribution in [3.05, 3.63) is 54.1 Å². The Balaban J connectivity index is 2.59. The number of thiophene rings is 1. The van der Waals surface area contributed by atoms with Crippen molar-refractivity contribution in [1.82, 2.24) is 0 Å². The fraction of sp³-hybridized carbons (Fsp3) is 0.286. The monoisotopic (exact) mass is 362 g/mol. The molecule has 1 unspecified atom stereocenters. The van der Waals surface area contributed by atoms with Crippen LogP contribution in [0.5, 0.6) is 0 Å². The van der Waals surface area contributed by atoms with Crippen molar-refractivity contribution in [2.75, 3.05) is 0 Å². The van der Waals surface area contributed by atoms with Gasteiger partial charge >= 0.3 is 0 Å². The van der Waals surface area contributed by atoms with E-state index in [-0.39, 0.29) is 5.38 Å². The molecule has 0 N–H and O–H groups in total. The first-order valence-corrected chi connectivity index (χ1v) is 8.05. The number of hydrogen-bond donors (Lipinski definition) is 0. The van der Waals surface area contributed by atoms with E-state index in [4.69, 9.17) is 23.2 Å². The van der Waals surface area contributed by atoms with Crippen molar-refractivity contribution in [2.24, 2.45) is 0 Å². The fourth-order valence-electron chi connectivity index (χ4n) is 2.18. The van der Waals surface area contributed by atoms with Crippen LogP contribution in [0.25, 0.3) is 0 Å². The predicted molar refractivity (Wildman–Crippen MR) is 85.4 cm³/mol. The third-order valence-electron chi connectivity index (χ3n) is 3.07. The van der Waals surface area contributed by atoms with Crippen LogP contribution < -0.4 is 0 Å². The molecule has 0 saturated carbocycles. The standard InChI is InChI=1S/C14H13BrCl2S/c1-7-6-8(2)12(15)9(3)11(7)13(17)14-10(16)4-5-18-14/h4-6,13H,1-3H3. The lowest BCUT2D eigenvalue weighted by Gasteiger charge is -2.18. The summed E-state index contributed by atoms with van der Waals surface area (Å²) in [5.41, 5.74) is 4.78. The molecule has 0 amide bonds. The minimum Gasteiger partial charge on any atom is -0.145 e. The minimum atomic E-state index is -0.186. The van der Waals surface area contributed by atoms with Gasteiger partial charge in [0.05, 0.1) is 10.4 Å². The zero-order valence-electron chi connectivity index (χ0n) is 10.4. The van der Waals surface area contributed by atoms with Gasteiger partial charge in [-0.15, -0.1) is 22.9 Å².